The highest BCUT2D eigenvalue weighted by Crippen LogP contribution is 2.37. The molecule has 0 fully saturated rings. The molecule has 2 heterocycles. The first-order valence-electron chi connectivity index (χ1n) is 11.7. The van der Waals surface area contributed by atoms with Crippen LogP contribution in [-0.4, -0.2) is 25.4 Å². The minimum absolute atomic E-state index is 0. The second-order valence-electron chi connectivity index (χ2n) is 9.01. The minimum atomic E-state index is 0. The summed E-state index contributed by atoms with van der Waals surface area (Å²) in [4.78, 5) is 15.4. The average molecular weight is 770 g/mol. The third-order valence-electron chi connectivity index (χ3n) is 6.83. The molecule has 0 amide bonds. The number of rotatable bonds is 0. The van der Waals surface area contributed by atoms with Gasteiger partial charge in [0.25, 0.3) is 0 Å². The third-order valence-corrected chi connectivity index (χ3v) is 8.81. The summed E-state index contributed by atoms with van der Waals surface area (Å²) in [5.41, 5.74) is 4.24. The summed E-state index contributed by atoms with van der Waals surface area (Å²) in [6.07, 6.45) is 3.52. The van der Waals surface area contributed by atoms with Crippen LogP contribution in [0.1, 0.15) is 0 Å². The molecule has 0 unspecified atom stereocenters. The molecule has 0 aliphatic rings. The van der Waals surface area contributed by atoms with Crippen molar-refractivity contribution in [2.45, 2.75) is 0 Å². The average Bonchev–Trinajstić information content (AvgIpc) is 3.60. The van der Waals surface area contributed by atoms with Gasteiger partial charge in [0.05, 0.1) is 34.7 Å². The predicted molar refractivity (Wildman–Crippen MR) is 177 cm³/mol. The molecule has 0 aliphatic heterocycles. The van der Waals surface area contributed by atoms with Gasteiger partial charge in [0.2, 0.25) is 0 Å². The largest absolute Gasteiger partial charge is 0.412 e. The van der Waals surface area contributed by atoms with Gasteiger partial charge in [0.1, 0.15) is 0 Å². The molecule has 0 bridgehead atoms. The first-order valence-corrected chi connectivity index (χ1v) is 14.9. The normalized spacial score (nSPS) is 11.4. The summed E-state index contributed by atoms with van der Waals surface area (Å²) < 4.78 is 4.33. The molecule has 0 spiro atoms. The van der Waals surface area contributed by atoms with Crippen molar-refractivity contribution in [3.63, 3.8) is 0 Å². The van der Waals surface area contributed by atoms with Crippen molar-refractivity contribution >= 4 is 129 Å². The van der Waals surface area contributed by atoms with E-state index < -0.39 is 0 Å². The first-order chi connectivity index (χ1) is 18.5. The van der Waals surface area contributed by atoms with E-state index in [0.29, 0.717) is 0 Å². The van der Waals surface area contributed by atoms with E-state index in [2.05, 4.69) is 156 Å². The zero-order valence-electron chi connectivity index (χ0n) is 20.0. The number of aromatic nitrogens is 4. The Morgan fingerprint density at radius 2 is 0.718 bits per heavy atom. The molecule has 0 atom stereocenters. The number of hydrogen-bond acceptors (Lipinski definition) is 2. The van der Waals surface area contributed by atoms with E-state index in [1.807, 2.05) is 0 Å². The number of H-pyrrole nitrogens is 2. The molecular formula is C30H18Br4N4O. The van der Waals surface area contributed by atoms with Crippen LogP contribution in [0.5, 0.6) is 0 Å². The van der Waals surface area contributed by atoms with Gasteiger partial charge in [0, 0.05) is 39.4 Å². The number of hydrogen-bond donors (Lipinski definition) is 2. The SMILES string of the molecule is Brc1ccc2c(c1)c1cc(Br)ccc1c1[nH]cnc21.Brc1ccc2c(c1)c1cc(Br)ccc1c1[nH]cnc21.O. The van der Waals surface area contributed by atoms with Crippen LogP contribution in [0, 0.1) is 0 Å². The predicted octanol–water partition coefficient (Wildman–Crippen LogP) is 9.96. The summed E-state index contributed by atoms with van der Waals surface area (Å²) in [5.74, 6) is 0. The van der Waals surface area contributed by atoms with Crippen molar-refractivity contribution in [2.24, 2.45) is 0 Å². The number of imidazole rings is 2. The van der Waals surface area contributed by atoms with Crippen molar-refractivity contribution in [1.82, 2.24) is 19.9 Å². The molecule has 0 saturated carbocycles. The highest BCUT2D eigenvalue weighted by molar-refractivity contribution is 9.11. The topological polar surface area (TPSA) is 88.9 Å². The monoisotopic (exact) mass is 766 g/mol. The number of halogens is 4. The molecule has 6 aromatic carbocycles. The van der Waals surface area contributed by atoms with Gasteiger partial charge in [-0.05, 0) is 70.1 Å². The number of aromatic amines is 2. The Morgan fingerprint density at radius 1 is 0.410 bits per heavy atom. The molecule has 0 saturated heterocycles. The lowest BCUT2D eigenvalue weighted by molar-refractivity contribution is 0.824. The second kappa shape index (κ2) is 10.3. The third kappa shape index (κ3) is 4.46. The van der Waals surface area contributed by atoms with Crippen LogP contribution >= 0.6 is 63.7 Å². The molecule has 5 nitrogen and oxygen atoms in total. The van der Waals surface area contributed by atoms with Crippen molar-refractivity contribution in [1.29, 1.82) is 0 Å². The second-order valence-corrected chi connectivity index (χ2v) is 12.7. The highest BCUT2D eigenvalue weighted by Gasteiger charge is 2.12. The zero-order chi connectivity index (χ0) is 26.0. The Bertz CT molecular complexity index is 1890. The molecule has 39 heavy (non-hydrogen) atoms. The van der Waals surface area contributed by atoms with Crippen molar-refractivity contribution in [3.05, 3.63) is 103 Å². The first kappa shape index (κ1) is 26.4. The molecule has 2 aromatic heterocycles. The van der Waals surface area contributed by atoms with Crippen LogP contribution in [-0.2, 0) is 0 Å². The summed E-state index contributed by atoms with van der Waals surface area (Å²) in [6.45, 7) is 0. The fourth-order valence-electron chi connectivity index (χ4n) is 5.21. The lowest BCUT2D eigenvalue weighted by Crippen LogP contribution is -1.82. The Morgan fingerprint density at radius 3 is 1.08 bits per heavy atom. The summed E-state index contributed by atoms with van der Waals surface area (Å²) in [6, 6.07) is 25.3. The van der Waals surface area contributed by atoms with E-state index in [9.17, 15) is 0 Å². The number of nitrogens with zero attached hydrogens (tertiary/aromatic N) is 2. The summed E-state index contributed by atoms with van der Waals surface area (Å²) >= 11 is 14.2. The smallest absolute Gasteiger partial charge is 0.0967 e. The maximum atomic E-state index is 4.47. The van der Waals surface area contributed by atoms with Gasteiger partial charge in [-0.1, -0.05) is 88.0 Å². The van der Waals surface area contributed by atoms with Gasteiger partial charge in [-0.15, -0.1) is 0 Å². The molecular weight excluding hydrogens is 752 g/mol. The Balaban J connectivity index is 0.000000138. The molecule has 4 N–H and O–H groups in total. The fourth-order valence-corrected chi connectivity index (χ4v) is 6.66. The lowest BCUT2D eigenvalue weighted by atomic mass is 10.0. The van der Waals surface area contributed by atoms with Crippen LogP contribution in [0.3, 0.4) is 0 Å². The van der Waals surface area contributed by atoms with Crippen LogP contribution in [0.15, 0.2) is 103 Å². The standard InChI is InChI=1S/2C15H8Br2N2.H2O/c2*16-8-1-3-10-12(5-8)13-6-9(17)2-4-11(13)15-14(10)18-7-19-15;/h2*1-7H,(H,18,19);1H2. The molecule has 8 rings (SSSR count). The molecule has 0 aliphatic carbocycles. The Hall–Kier alpha value is -2.82. The van der Waals surface area contributed by atoms with Gasteiger partial charge in [-0.3, -0.25) is 0 Å². The van der Waals surface area contributed by atoms with E-state index in [1.54, 1.807) is 12.7 Å². The Kier molecular flexibility index (Phi) is 6.97. The summed E-state index contributed by atoms with van der Waals surface area (Å²) in [7, 11) is 0. The van der Waals surface area contributed by atoms with E-state index in [4.69, 9.17) is 0 Å². The zero-order valence-corrected chi connectivity index (χ0v) is 26.3. The van der Waals surface area contributed by atoms with E-state index in [0.717, 1.165) is 40.0 Å². The van der Waals surface area contributed by atoms with Gasteiger partial charge in [-0.25, -0.2) is 9.97 Å². The summed E-state index contributed by atoms with van der Waals surface area (Å²) in [5, 5.41) is 9.61. The molecule has 192 valence electrons. The lowest BCUT2D eigenvalue weighted by Gasteiger charge is -2.07. The van der Waals surface area contributed by atoms with Crippen LogP contribution in [0.25, 0.3) is 65.2 Å². The molecule has 9 heteroatoms. The maximum absolute atomic E-state index is 4.47. The van der Waals surface area contributed by atoms with Crippen molar-refractivity contribution in [2.75, 3.05) is 0 Å². The number of nitrogens with one attached hydrogen (secondary N) is 2. The highest BCUT2D eigenvalue weighted by atomic mass is 79.9. The molecule has 8 aromatic rings. The quantitative estimate of drug-likeness (QED) is 0.151. The van der Waals surface area contributed by atoms with Crippen molar-refractivity contribution < 1.29 is 5.48 Å². The number of benzene rings is 6. The van der Waals surface area contributed by atoms with Crippen LogP contribution < -0.4 is 0 Å². The van der Waals surface area contributed by atoms with Crippen LogP contribution in [0.2, 0.25) is 0 Å². The van der Waals surface area contributed by atoms with Crippen LogP contribution in [0.4, 0.5) is 0 Å². The van der Waals surface area contributed by atoms with E-state index >= 15 is 0 Å². The maximum Gasteiger partial charge on any atom is 0.0967 e. The van der Waals surface area contributed by atoms with Gasteiger partial charge in [-0.2, -0.15) is 0 Å². The van der Waals surface area contributed by atoms with Crippen molar-refractivity contribution in [3.8, 4) is 0 Å². The Labute approximate surface area is 255 Å². The van der Waals surface area contributed by atoms with Gasteiger partial charge in [0.15, 0.2) is 0 Å². The molecule has 0 radical (unpaired) electrons. The number of fused-ring (bicyclic) bond motifs is 12. The van der Waals surface area contributed by atoms with E-state index in [1.165, 1.54) is 43.1 Å². The van der Waals surface area contributed by atoms with Gasteiger partial charge >= 0.3 is 0 Å². The minimum Gasteiger partial charge on any atom is -0.412 e. The van der Waals surface area contributed by atoms with Gasteiger partial charge < -0.3 is 15.4 Å². The fraction of sp³-hybridized carbons (Fsp3) is 0. The van der Waals surface area contributed by atoms with E-state index in [-0.39, 0.29) is 5.48 Å².